The van der Waals surface area contributed by atoms with Gasteiger partial charge in [0.25, 0.3) is 5.91 Å². The van der Waals surface area contributed by atoms with Crippen LogP contribution in [0.15, 0.2) is 54.6 Å². The van der Waals surface area contributed by atoms with E-state index in [2.05, 4.69) is 15.5 Å². The van der Waals surface area contributed by atoms with Gasteiger partial charge in [-0.2, -0.15) is 5.10 Å². The quantitative estimate of drug-likeness (QED) is 0.693. The zero-order chi connectivity index (χ0) is 15.5. The maximum atomic E-state index is 12.3. The van der Waals surface area contributed by atoms with Crippen LogP contribution in [0.3, 0.4) is 0 Å². The number of nitrogens with one attached hydrogen (secondary N) is 2. The van der Waals surface area contributed by atoms with Gasteiger partial charge in [-0.15, -0.1) is 0 Å². The van der Waals surface area contributed by atoms with Gasteiger partial charge in [0.15, 0.2) is 0 Å². The number of aromatic hydroxyl groups is 1. The van der Waals surface area contributed by atoms with Gasteiger partial charge >= 0.3 is 0 Å². The monoisotopic (exact) mass is 293 g/mol. The maximum Gasteiger partial charge on any atom is 0.273 e. The van der Waals surface area contributed by atoms with Crippen molar-refractivity contribution < 1.29 is 9.90 Å². The number of aromatic amines is 1. The van der Waals surface area contributed by atoms with E-state index in [0.717, 1.165) is 11.3 Å². The van der Waals surface area contributed by atoms with Crippen molar-refractivity contribution in [3.05, 3.63) is 65.9 Å². The van der Waals surface area contributed by atoms with Gasteiger partial charge in [0, 0.05) is 11.3 Å². The van der Waals surface area contributed by atoms with Crippen LogP contribution in [0.1, 0.15) is 16.1 Å². The third-order valence-electron chi connectivity index (χ3n) is 3.40. The number of rotatable bonds is 3. The Morgan fingerprint density at radius 1 is 1.14 bits per heavy atom. The fourth-order valence-corrected chi connectivity index (χ4v) is 2.17. The first kappa shape index (κ1) is 13.9. The molecule has 0 aliphatic heterocycles. The average molecular weight is 293 g/mol. The van der Waals surface area contributed by atoms with E-state index >= 15 is 0 Å². The largest absolute Gasteiger partial charge is 0.507 e. The molecule has 3 aromatic rings. The van der Waals surface area contributed by atoms with Gasteiger partial charge in [0.1, 0.15) is 11.4 Å². The summed E-state index contributed by atoms with van der Waals surface area (Å²) in [5.74, 6) is -0.150. The minimum Gasteiger partial charge on any atom is -0.507 e. The molecule has 5 heteroatoms. The normalized spacial score (nSPS) is 10.4. The molecule has 0 unspecified atom stereocenters. The number of carbonyl (C=O) groups is 1. The first-order chi connectivity index (χ1) is 10.6. The minimum absolute atomic E-state index is 0.125. The summed E-state index contributed by atoms with van der Waals surface area (Å²) in [4.78, 5) is 12.3. The van der Waals surface area contributed by atoms with Crippen LogP contribution in [0.25, 0.3) is 11.3 Å². The Balaban J connectivity index is 1.84. The Morgan fingerprint density at radius 2 is 1.86 bits per heavy atom. The molecular weight excluding hydrogens is 278 g/mol. The molecule has 3 N–H and O–H groups in total. The number of phenols is 1. The maximum absolute atomic E-state index is 12.3. The van der Waals surface area contributed by atoms with Crippen LogP contribution in [0.2, 0.25) is 0 Å². The number of phenolic OH excluding ortho intramolecular Hbond substituents is 1. The van der Waals surface area contributed by atoms with Crippen molar-refractivity contribution in [2.24, 2.45) is 0 Å². The van der Waals surface area contributed by atoms with Crippen LogP contribution in [0.4, 0.5) is 5.69 Å². The van der Waals surface area contributed by atoms with Gasteiger partial charge in [-0.05, 0) is 36.8 Å². The molecule has 110 valence electrons. The van der Waals surface area contributed by atoms with E-state index in [0.29, 0.717) is 17.0 Å². The van der Waals surface area contributed by atoms with Crippen molar-refractivity contribution in [1.29, 1.82) is 0 Å². The molecule has 0 saturated carbocycles. The van der Waals surface area contributed by atoms with Crippen molar-refractivity contribution in [2.45, 2.75) is 6.92 Å². The number of hydrogen-bond donors (Lipinski definition) is 3. The van der Waals surface area contributed by atoms with Gasteiger partial charge < -0.3 is 10.4 Å². The molecule has 0 radical (unpaired) electrons. The van der Waals surface area contributed by atoms with Crippen LogP contribution in [-0.2, 0) is 0 Å². The Labute approximate surface area is 127 Å². The second-order valence-electron chi connectivity index (χ2n) is 4.95. The molecule has 3 rings (SSSR count). The molecule has 0 aliphatic carbocycles. The lowest BCUT2D eigenvalue weighted by Crippen LogP contribution is -2.13. The van der Waals surface area contributed by atoms with Gasteiger partial charge in [0.2, 0.25) is 0 Å². The number of anilines is 1. The first-order valence-corrected chi connectivity index (χ1v) is 6.86. The molecule has 0 atom stereocenters. The number of benzene rings is 2. The Kier molecular flexibility index (Phi) is 3.62. The molecule has 0 spiro atoms. The van der Waals surface area contributed by atoms with Gasteiger partial charge in [-0.25, -0.2) is 0 Å². The summed E-state index contributed by atoms with van der Waals surface area (Å²) in [6.07, 6.45) is 0. The van der Waals surface area contributed by atoms with Gasteiger partial charge in [-0.3, -0.25) is 9.89 Å². The molecule has 1 aromatic heterocycles. The summed E-state index contributed by atoms with van der Waals surface area (Å²) < 4.78 is 0. The Morgan fingerprint density at radius 3 is 2.64 bits per heavy atom. The Hall–Kier alpha value is -3.08. The molecular formula is C17H15N3O2. The molecule has 2 aromatic carbocycles. The minimum atomic E-state index is -0.275. The number of hydrogen-bond acceptors (Lipinski definition) is 3. The SMILES string of the molecule is Cc1ccccc1NC(=O)c1cc(-c2ccccc2O)n[nH]1. The average Bonchev–Trinajstić information content (AvgIpc) is 3.00. The first-order valence-electron chi connectivity index (χ1n) is 6.86. The van der Waals surface area contributed by atoms with Crippen molar-refractivity contribution in [2.75, 3.05) is 5.32 Å². The number of H-pyrrole nitrogens is 1. The van der Waals surface area contributed by atoms with Crippen molar-refractivity contribution >= 4 is 11.6 Å². The zero-order valence-electron chi connectivity index (χ0n) is 12.0. The molecule has 1 heterocycles. The summed E-state index contributed by atoms with van der Waals surface area (Å²) >= 11 is 0. The fraction of sp³-hybridized carbons (Fsp3) is 0.0588. The summed E-state index contributed by atoms with van der Waals surface area (Å²) in [5, 5.41) is 19.4. The van der Waals surface area contributed by atoms with E-state index in [1.807, 2.05) is 31.2 Å². The third kappa shape index (κ3) is 2.69. The highest BCUT2D eigenvalue weighted by Gasteiger charge is 2.13. The van der Waals surface area contributed by atoms with E-state index in [9.17, 15) is 9.90 Å². The molecule has 0 saturated heterocycles. The number of carbonyl (C=O) groups excluding carboxylic acids is 1. The Bertz CT molecular complexity index is 824. The molecule has 0 bridgehead atoms. The summed E-state index contributed by atoms with van der Waals surface area (Å²) in [6, 6.07) is 16.0. The van der Waals surface area contributed by atoms with Crippen LogP contribution < -0.4 is 5.32 Å². The van der Waals surface area contributed by atoms with E-state index in [-0.39, 0.29) is 11.7 Å². The lowest BCUT2D eigenvalue weighted by molar-refractivity contribution is 0.102. The molecule has 5 nitrogen and oxygen atoms in total. The number of amides is 1. The van der Waals surface area contributed by atoms with E-state index in [1.165, 1.54) is 0 Å². The number of aryl methyl sites for hydroxylation is 1. The van der Waals surface area contributed by atoms with E-state index < -0.39 is 0 Å². The van der Waals surface area contributed by atoms with Crippen molar-refractivity contribution in [3.8, 4) is 17.0 Å². The van der Waals surface area contributed by atoms with Gasteiger partial charge in [-0.1, -0.05) is 30.3 Å². The predicted molar refractivity (Wildman–Crippen MR) is 84.8 cm³/mol. The number of aromatic nitrogens is 2. The molecule has 0 aliphatic rings. The van der Waals surface area contributed by atoms with Gasteiger partial charge in [0.05, 0.1) is 5.69 Å². The summed E-state index contributed by atoms with van der Waals surface area (Å²) in [6.45, 7) is 1.93. The molecule has 1 amide bonds. The lowest BCUT2D eigenvalue weighted by atomic mass is 10.1. The highest BCUT2D eigenvalue weighted by molar-refractivity contribution is 6.03. The molecule has 22 heavy (non-hydrogen) atoms. The second kappa shape index (κ2) is 5.73. The molecule has 0 fully saturated rings. The van der Waals surface area contributed by atoms with E-state index in [1.54, 1.807) is 30.3 Å². The van der Waals surface area contributed by atoms with Crippen LogP contribution >= 0.6 is 0 Å². The predicted octanol–water partition coefficient (Wildman–Crippen LogP) is 3.34. The smallest absolute Gasteiger partial charge is 0.273 e. The summed E-state index contributed by atoms with van der Waals surface area (Å²) in [7, 11) is 0. The number of para-hydroxylation sites is 2. The zero-order valence-corrected chi connectivity index (χ0v) is 12.0. The standard InChI is InChI=1S/C17H15N3O2/c1-11-6-2-4-8-13(11)18-17(22)15-10-14(19-20-15)12-7-3-5-9-16(12)21/h2-10,21H,1H3,(H,18,22)(H,19,20). The lowest BCUT2D eigenvalue weighted by Gasteiger charge is -2.06. The fourth-order valence-electron chi connectivity index (χ4n) is 2.17. The topological polar surface area (TPSA) is 78.0 Å². The third-order valence-corrected chi connectivity index (χ3v) is 3.40. The number of nitrogens with zero attached hydrogens (tertiary/aromatic N) is 1. The second-order valence-corrected chi connectivity index (χ2v) is 4.95. The highest BCUT2D eigenvalue weighted by Crippen LogP contribution is 2.27. The van der Waals surface area contributed by atoms with Crippen LogP contribution in [-0.4, -0.2) is 21.2 Å². The van der Waals surface area contributed by atoms with Crippen molar-refractivity contribution in [1.82, 2.24) is 10.2 Å². The van der Waals surface area contributed by atoms with E-state index in [4.69, 9.17) is 0 Å². The highest BCUT2D eigenvalue weighted by atomic mass is 16.3. The van der Waals surface area contributed by atoms with Crippen LogP contribution in [0.5, 0.6) is 5.75 Å². The van der Waals surface area contributed by atoms with Crippen LogP contribution in [0, 0.1) is 6.92 Å². The van der Waals surface area contributed by atoms with Crippen molar-refractivity contribution in [3.63, 3.8) is 0 Å². The summed E-state index contributed by atoms with van der Waals surface area (Å²) in [5.41, 5.74) is 3.17.